The molecule has 8 heteroatoms. The highest BCUT2D eigenvalue weighted by atomic mass is 79.9. The van der Waals surface area contributed by atoms with Crippen LogP contribution in [-0.4, -0.2) is 38.1 Å². The number of carbonyl (C=O) groups excluding carboxylic acids is 1. The molecule has 0 amide bonds. The summed E-state index contributed by atoms with van der Waals surface area (Å²) in [5, 5.41) is 3.19. The lowest BCUT2D eigenvalue weighted by Crippen LogP contribution is -2.32. The van der Waals surface area contributed by atoms with Gasteiger partial charge in [-0.3, -0.25) is 4.79 Å². The number of nitrogens with one attached hydrogen (secondary N) is 1. The first kappa shape index (κ1) is 21.3. The normalized spacial score (nSPS) is 15.8. The number of rotatable bonds is 6. The molecular formula is C20H22BrClN2O3S. The van der Waals surface area contributed by atoms with Gasteiger partial charge >= 0.3 is 0 Å². The Morgan fingerprint density at radius 2 is 1.68 bits per heavy atom. The van der Waals surface area contributed by atoms with Gasteiger partial charge in [-0.1, -0.05) is 40.4 Å². The third kappa shape index (κ3) is 5.14. The SMILES string of the molecule is O=C(CNc1ccc(Br)cc1)c1ccc(Cl)c(S(=O)(=O)N2CCCCCC2)c1. The van der Waals surface area contributed by atoms with Crippen molar-refractivity contribution in [1.29, 1.82) is 0 Å². The predicted octanol–water partition coefficient (Wildman–Crippen LogP) is 4.96. The quantitative estimate of drug-likeness (QED) is 0.587. The molecule has 0 bridgehead atoms. The molecule has 0 aromatic heterocycles. The van der Waals surface area contributed by atoms with E-state index in [4.69, 9.17) is 11.6 Å². The Kier molecular flexibility index (Phi) is 7.15. The number of carbonyl (C=O) groups is 1. The molecule has 150 valence electrons. The summed E-state index contributed by atoms with van der Waals surface area (Å²) in [6.45, 7) is 1.04. The van der Waals surface area contributed by atoms with Crippen LogP contribution in [-0.2, 0) is 10.0 Å². The molecule has 0 atom stereocenters. The molecule has 5 nitrogen and oxygen atoms in total. The maximum absolute atomic E-state index is 13.1. The number of ketones is 1. The van der Waals surface area contributed by atoms with Gasteiger partial charge in [0.05, 0.1) is 11.6 Å². The molecule has 1 saturated heterocycles. The Morgan fingerprint density at radius 1 is 1.04 bits per heavy atom. The number of nitrogens with zero attached hydrogens (tertiary/aromatic N) is 1. The fourth-order valence-electron chi connectivity index (χ4n) is 3.15. The lowest BCUT2D eigenvalue weighted by atomic mass is 10.1. The minimum atomic E-state index is -3.72. The lowest BCUT2D eigenvalue weighted by Gasteiger charge is -2.21. The second-order valence-corrected chi connectivity index (χ2v) is 9.98. The van der Waals surface area contributed by atoms with Crippen LogP contribution in [0.5, 0.6) is 0 Å². The van der Waals surface area contributed by atoms with Crippen LogP contribution in [0.3, 0.4) is 0 Å². The van der Waals surface area contributed by atoms with Gasteiger partial charge < -0.3 is 5.32 Å². The summed E-state index contributed by atoms with van der Waals surface area (Å²) in [5.41, 5.74) is 1.13. The molecular weight excluding hydrogens is 464 g/mol. The van der Waals surface area contributed by atoms with E-state index >= 15 is 0 Å². The number of halogens is 2. The van der Waals surface area contributed by atoms with Gasteiger partial charge in [-0.05, 0) is 55.3 Å². The highest BCUT2D eigenvalue weighted by Crippen LogP contribution is 2.28. The van der Waals surface area contributed by atoms with Gasteiger partial charge in [-0.15, -0.1) is 0 Å². The molecule has 1 aliphatic rings. The second kappa shape index (κ2) is 9.39. The molecule has 2 aromatic carbocycles. The fourth-order valence-corrected chi connectivity index (χ4v) is 5.43. The maximum atomic E-state index is 13.1. The van der Waals surface area contributed by atoms with Crippen LogP contribution >= 0.6 is 27.5 Å². The number of hydrogen-bond donors (Lipinski definition) is 1. The molecule has 0 saturated carbocycles. The van der Waals surface area contributed by atoms with Gasteiger partial charge in [0.1, 0.15) is 4.90 Å². The number of hydrogen-bond acceptors (Lipinski definition) is 4. The molecule has 1 heterocycles. The van der Waals surface area contributed by atoms with E-state index in [9.17, 15) is 13.2 Å². The zero-order valence-corrected chi connectivity index (χ0v) is 18.5. The molecule has 1 aliphatic heterocycles. The van der Waals surface area contributed by atoms with Crippen LogP contribution < -0.4 is 5.32 Å². The average Bonchev–Trinajstić information content (AvgIpc) is 2.97. The van der Waals surface area contributed by atoms with Crippen molar-refractivity contribution in [1.82, 2.24) is 4.31 Å². The van der Waals surface area contributed by atoms with Gasteiger partial charge in [0.15, 0.2) is 5.78 Å². The van der Waals surface area contributed by atoms with Gasteiger partial charge in [-0.25, -0.2) is 8.42 Å². The molecule has 1 fully saturated rings. The van der Waals surface area contributed by atoms with Crippen molar-refractivity contribution in [2.75, 3.05) is 25.0 Å². The third-order valence-electron chi connectivity index (χ3n) is 4.73. The monoisotopic (exact) mass is 484 g/mol. The van der Waals surface area contributed by atoms with E-state index in [1.807, 2.05) is 24.3 Å². The first-order valence-electron chi connectivity index (χ1n) is 9.20. The van der Waals surface area contributed by atoms with E-state index < -0.39 is 10.0 Å². The van der Waals surface area contributed by atoms with E-state index in [-0.39, 0.29) is 22.2 Å². The summed E-state index contributed by atoms with van der Waals surface area (Å²) in [5.74, 6) is -0.202. The molecule has 0 aliphatic carbocycles. The van der Waals surface area contributed by atoms with Crippen LogP contribution in [0, 0.1) is 0 Å². The van der Waals surface area contributed by atoms with Crippen LogP contribution in [0.4, 0.5) is 5.69 Å². The Bertz CT molecular complexity index is 940. The van der Waals surface area contributed by atoms with Crippen molar-refractivity contribution < 1.29 is 13.2 Å². The van der Waals surface area contributed by atoms with Gasteiger partial charge in [0.2, 0.25) is 10.0 Å². The molecule has 1 N–H and O–H groups in total. The van der Waals surface area contributed by atoms with Crippen molar-refractivity contribution in [3.05, 3.63) is 57.5 Å². The summed E-state index contributed by atoms with van der Waals surface area (Å²) >= 11 is 9.56. The van der Waals surface area contributed by atoms with Crippen molar-refractivity contribution in [3.63, 3.8) is 0 Å². The highest BCUT2D eigenvalue weighted by molar-refractivity contribution is 9.10. The minimum absolute atomic E-state index is 0.00515. The summed E-state index contributed by atoms with van der Waals surface area (Å²) < 4.78 is 28.5. The molecule has 0 unspecified atom stereocenters. The fraction of sp³-hybridized carbons (Fsp3) is 0.350. The smallest absolute Gasteiger partial charge is 0.244 e. The van der Waals surface area contributed by atoms with Crippen LogP contribution in [0.2, 0.25) is 5.02 Å². The summed E-state index contributed by atoms with van der Waals surface area (Å²) in [6, 6.07) is 11.9. The number of Topliss-reactive ketones (excluding diaryl/α,β-unsaturated/α-hetero) is 1. The van der Waals surface area contributed by atoms with E-state index in [0.717, 1.165) is 35.8 Å². The molecule has 2 aromatic rings. The van der Waals surface area contributed by atoms with Crippen molar-refractivity contribution in [3.8, 4) is 0 Å². The van der Waals surface area contributed by atoms with Gasteiger partial charge in [0, 0.05) is 28.8 Å². The van der Waals surface area contributed by atoms with E-state index in [2.05, 4.69) is 21.2 Å². The summed E-state index contributed by atoms with van der Waals surface area (Å²) in [4.78, 5) is 12.6. The Morgan fingerprint density at radius 3 is 2.32 bits per heavy atom. The van der Waals surface area contributed by atoms with E-state index in [0.29, 0.717) is 18.7 Å². The molecule has 3 rings (SSSR count). The Balaban J connectivity index is 1.78. The van der Waals surface area contributed by atoms with Crippen molar-refractivity contribution in [2.45, 2.75) is 30.6 Å². The predicted molar refractivity (Wildman–Crippen MR) is 116 cm³/mol. The zero-order valence-electron chi connectivity index (χ0n) is 15.3. The first-order chi connectivity index (χ1) is 13.4. The topological polar surface area (TPSA) is 66.5 Å². The molecule has 0 radical (unpaired) electrons. The van der Waals surface area contributed by atoms with Crippen LogP contribution in [0.1, 0.15) is 36.0 Å². The first-order valence-corrected chi connectivity index (χ1v) is 11.8. The van der Waals surface area contributed by atoms with E-state index in [1.54, 1.807) is 6.07 Å². The third-order valence-corrected chi connectivity index (χ3v) is 7.64. The maximum Gasteiger partial charge on any atom is 0.244 e. The number of anilines is 1. The van der Waals surface area contributed by atoms with Crippen LogP contribution in [0.15, 0.2) is 51.8 Å². The van der Waals surface area contributed by atoms with Crippen molar-refractivity contribution >= 4 is 49.0 Å². The summed E-state index contributed by atoms with van der Waals surface area (Å²) in [6.07, 6.45) is 3.74. The number of benzene rings is 2. The lowest BCUT2D eigenvalue weighted by molar-refractivity contribution is 0.101. The zero-order chi connectivity index (χ0) is 20.1. The van der Waals surface area contributed by atoms with Crippen LogP contribution in [0.25, 0.3) is 0 Å². The summed E-state index contributed by atoms with van der Waals surface area (Å²) in [7, 11) is -3.72. The molecule has 28 heavy (non-hydrogen) atoms. The minimum Gasteiger partial charge on any atom is -0.378 e. The Labute approximate surface area is 179 Å². The highest BCUT2D eigenvalue weighted by Gasteiger charge is 2.28. The molecule has 0 spiro atoms. The second-order valence-electron chi connectivity index (χ2n) is 6.75. The van der Waals surface area contributed by atoms with Gasteiger partial charge in [0.25, 0.3) is 0 Å². The standard InChI is InChI=1S/C20H22BrClN2O3S/c21-16-6-8-17(9-7-16)23-14-19(25)15-5-10-18(22)20(13-15)28(26,27)24-11-3-1-2-4-12-24/h5-10,13,23H,1-4,11-12,14H2. The van der Waals surface area contributed by atoms with Crippen molar-refractivity contribution in [2.24, 2.45) is 0 Å². The largest absolute Gasteiger partial charge is 0.378 e. The Hall–Kier alpha value is -1.41. The average molecular weight is 486 g/mol. The van der Waals surface area contributed by atoms with Gasteiger partial charge in [-0.2, -0.15) is 4.31 Å². The van der Waals surface area contributed by atoms with E-state index in [1.165, 1.54) is 16.4 Å². The number of sulfonamides is 1.